The van der Waals surface area contributed by atoms with Crippen molar-refractivity contribution in [3.63, 3.8) is 0 Å². The van der Waals surface area contributed by atoms with Crippen LogP contribution in [0.25, 0.3) is 0 Å². The summed E-state index contributed by atoms with van der Waals surface area (Å²) in [5.41, 5.74) is 0.293. The molecule has 0 aromatic carbocycles. The average molecular weight is 343 g/mol. The minimum absolute atomic E-state index is 0.0350. The molecule has 0 aromatic rings. The summed E-state index contributed by atoms with van der Waals surface area (Å²) in [5, 5.41) is 0. The van der Waals surface area contributed by atoms with E-state index in [0.717, 1.165) is 0 Å². The Hall–Kier alpha value is 0.510. The molecular weight excluding hydrogens is 314 g/mol. The van der Waals surface area contributed by atoms with Crippen LogP contribution in [0.1, 0.15) is 62.3 Å². The number of rotatable bonds is 2. The molecule has 0 bridgehead atoms. The Bertz CT molecular complexity index is 233. The minimum atomic E-state index is -1.81. The molecule has 2 N–H and O–H groups in total. The summed E-state index contributed by atoms with van der Waals surface area (Å²) in [6.07, 6.45) is 0. The van der Waals surface area contributed by atoms with Gasteiger partial charge in [0.15, 0.2) is 0 Å². The number of nitrogens with one attached hydrogen (secondary N) is 2. The molecule has 0 saturated heterocycles. The topological polar surface area (TPSA) is 36.4 Å². The molecule has 0 aromatic heterocycles. The molecule has 98 valence electrons. The Morgan fingerprint density at radius 3 is 1.19 bits per heavy atom. The van der Waals surface area contributed by atoms with Gasteiger partial charge in [0, 0.05) is 0 Å². The third kappa shape index (κ3) is 11.0. The fourth-order valence-corrected chi connectivity index (χ4v) is 6.21. The van der Waals surface area contributed by atoms with E-state index in [1.165, 1.54) is 0 Å². The first-order chi connectivity index (χ1) is 6.79. The van der Waals surface area contributed by atoms with Gasteiger partial charge in [-0.2, -0.15) is 0 Å². The summed E-state index contributed by atoms with van der Waals surface area (Å²) in [5.74, 6) is 0. The number of hydrogen-bond donors (Lipinski definition) is 2. The zero-order valence-electron chi connectivity index (χ0n) is 12.4. The van der Waals surface area contributed by atoms with E-state index >= 15 is 0 Å². The van der Waals surface area contributed by atoms with Crippen molar-refractivity contribution in [3.05, 3.63) is 0 Å². The molecular formula is C12H29N3Te. The predicted molar refractivity (Wildman–Crippen MR) is 73.7 cm³/mol. The fourth-order valence-electron chi connectivity index (χ4n) is 0.925. The molecule has 0 amide bonds. The Balaban J connectivity index is 4.87. The van der Waals surface area contributed by atoms with Crippen molar-refractivity contribution in [1.82, 2.24) is 7.13 Å². The zero-order chi connectivity index (χ0) is 13.2. The van der Waals surface area contributed by atoms with Crippen molar-refractivity contribution >= 4 is 19.9 Å². The van der Waals surface area contributed by atoms with Crippen LogP contribution < -0.4 is 7.13 Å². The second-order valence-corrected chi connectivity index (χ2v) is 10.6. The monoisotopic (exact) mass is 345 g/mol. The van der Waals surface area contributed by atoms with Crippen molar-refractivity contribution in [2.45, 2.75) is 78.9 Å². The summed E-state index contributed by atoms with van der Waals surface area (Å²) in [7, 11) is 0. The van der Waals surface area contributed by atoms with Crippen molar-refractivity contribution in [3.8, 4) is 0 Å². The summed E-state index contributed by atoms with van der Waals surface area (Å²) in [4.78, 5) is 0. The van der Waals surface area contributed by atoms with Gasteiger partial charge in [-0.1, -0.05) is 0 Å². The van der Waals surface area contributed by atoms with Crippen LogP contribution in [-0.2, 0) is 0 Å². The van der Waals surface area contributed by atoms with Gasteiger partial charge in [0.1, 0.15) is 0 Å². The molecule has 0 atom stereocenters. The molecule has 3 nitrogen and oxygen atoms in total. The molecule has 16 heavy (non-hydrogen) atoms. The fraction of sp³-hybridized carbons (Fsp3) is 1.00. The summed E-state index contributed by atoms with van der Waals surface area (Å²) >= 11 is -1.81. The quantitative estimate of drug-likeness (QED) is 0.757. The normalized spacial score (nSPS) is 14.4. The Labute approximate surface area is 109 Å². The standard InChI is InChI=1S/C12H29N3Te/c1-10(2,3)13-16(14-11(4,5)6)15-12(7,8)9/h1-9H3,(H2,13,14,15). The molecule has 0 aliphatic carbocycles. The molecule has 4 heteroatoms. The van der Waals surface area contributed by atoms with Gasteiger partial charge < -0.3 is 0 Å². The average Bonchev–Trinajstić information content (AvgIpc) is 1.70. The second-order valence-electron chi connectivity index (χ2n) is 7.25. The van der Waals surface area contributed by atoms with Crippen LogP contribution in [-0.4, -0.2) is 36.5 Å². The summed E-state index contributed by atoms with van der Waals surface area (Å²) < 4.78 is 12.3. The predicted octanol–water partition coefficient (Wildman–Crippen LogP) is 2.81. The molecule has 0 aliphatic heterocycles. The van der Waals surface area contributed by atoms with Gasteiger partial charge in [-0.15, -0.1) is 0 Å². The first kappa shape index (κ1) is 16.5. The molecule has 0 heterocycles. The van der Waals surface area contributed by atoms with Gasteiger partial charge in [-0.3, -0.25) is 0 Å². The molecule has 0 aliphatic rings. The van der Waals surface area contributed by atoms with E-state index in [4.69, 9.17) is 3.18 Å². The maximum atomic E-state index is 4.93. The van der Waals surface area contributed by atoms with Gasteiger partial charge >= 0.3 is 109 Å². The number of nitrogens with zero attached hydrogens (tertiary/aromatic N) is 1. The van der Waals surface area contributed by atoms with E-state index in [1.807, 2.05) is 0 Å². The van der Waals surface area contributed by atoms with Crippen LogP contribution in [0.4, 0.5) is 0 Å². The molecule has 0 rings (SSSR count). The maximum absolute atomic E-state index is 4.93. The van der Waals surface area contributed by atoms with Gasteiger partial charge in [0.25, 0.3) is 0 Å². The van der Waals surface area contributed by atoms with Crippen molar-refractivity contribution in [1.29, 1.82) is 0 Å². The van der Waals surface area contributed by atoms with Crippen LogP contribution in [0.15, 0.2) is 3.18 Å². The Morgan fingerprint density at radius 1 is 0.688 bits per heavy atom. The third-order valence-corrected chi connectivity index (χ3v) is 7.85. The van der Waals surface area contributed by atoms with Crippen LogP contribution >= 0.6 is 0 Å². The first-order valence-electron chi connectivity index (χ1n) is 5.81. The van der Waals surface area contributed by atoms with E-state index in [9.17, 15) is 0 Å². The molecule has 0 spiro atoms. The van der Waals surface area contributed by atoms with Crippen LogP contribution in [0.2, 0.25) is 0 Å². The van der Waals surface area contributed by atoms with Gasteiger partial charge in [0.05, 0.1) is 0 Å². The van der Waals surface area contributed by atoms with E-state index in [2.05, 4.69) is 69.4 Å². The van der Waals surface area contributed by atoms with E-state index in [1.54, 1.807) is 0 Å². The first-order valence-corrected chi connectivity index (χ1v) is 9.19. The SMILES string of the molecule is CC(C)(C)N=[Te](NC(C)(C)C)NC(C)(C)C. The van der Waals surface area contributed by atoms with Gasteiger partial charge in [0.2, 0.25) is 0 Å². The van der Waals surface area contributed by atoms with Crippen molar-refractivity contribution in [2.24, 2.45) is 3.18 Å². The van der Waals surface area contributed by atoms with Gasteiger partial charge in [-0.25, -0.2) is 0 Å². The number of hydrogen-bond acceptors (Lipinski definition) is 1. The van der Waals surface area contributed by atoms with Crippen molar-refractivity contribution in [2.75, 3.05) is 0 Å². The van der Waals surface area contributed by atoms with Crippen LogP contribution in [0.3, 0.4) is 0 Å². The second kappa shape index (κ2) is 5.44. The zero-order valence-corrected chi connectivity index (χ0v) is 14.7. The third-order valence-electron chi connectivity index (χ3n) is 1.17. The van der Waals surface area contributed by atoms with E-state index in [0.29, 0.717) is 0 Å². The van der Waals surface area contributed by atoms with Crippen molar-refractivity contribution < 1.29 is 0 Å². The Kier molecular flexibility index (Phi) is 5.61. The van der Waals surface area contributed by atoms with Crippen LogP contribution in [0, 0.1) is 0 Å². The van der Waals surface area contributed by atoms with E-state index < -0.39 is 19.9 Å². The summed E-state index contributed by atoms with van der Waals surface area (Å²) in [6, 6.07) is 0. The van der Waals surface area contributed by atoms with E-state index in [-0.39, 0.29) is 16.6 Å². The molecule has 0 fully saturated rings. The summed E-state index contributed by atoms with van der Waals surface area (Å²) in [6.45, 7) is 19.7. The van der Waals surface area contributed by atoms with Gasteiger partial charge in [-0.05, 0) is 0 Å². The molecule has 0 saturated carbocycles. The Morgan fingerprint density at radius 2 is 1.00 bits per heavy atom. The molecule has 0 radical (unpaired) electrons. The molecule has 0 unspecified atom stereocenters. The van der Waals surface area contributed by atoms with Crippen LogP contribution in [0.5, 0.6) is 0 Å².